The third-order valence-electron chi connectivity index (χ3n) is 3.48. The fourth-order valence-corrected chi connectivity index (χ4v) is 2.14. The number of nitro groups is 1. The molecule has 0 radical (unpaired) electrons. The van der Waals surface area contributed by atoms with Gasteiger partial charge in [-0.15, -0.1) is 0 Å². The first-order valence-electron chi connectivity index (χ1n) is 7.66. The van der Waals surface area contributed by atoms with E-state index in [9.17, 15) is 19.3 Å². The van der Waals surface area contributed by atoms with E-state index in [0.717, 1.165) is 16.8 Å². The highest BCUT2D eigenvalue weighted by Crippen LogP contribution is 2.15. The molecule has 2 N–H and O–H groups in total. The molecule has 25 heavy (non-hydrogen) atoms. The van der Waals surface area contributed by atoms with E-state index in [1.165, 1.54) is 30.3 Å². The van der Waals surface area contributed by atoms with Crippen molar-refractivity contribution in [3.63, 3.8) is 0 Å². The molecule has 130 valence electrons. The van der Waals surface area contributed by atoms with Crippen molar-refractivity contribution in [2.24, 2.45) is 0 Å². The number of hydrogen-bond acceptors (Lipinski definition) is 4. The first-order chi connectivity index (χ1) is 12.0. The van der Waals surface area contributed by atoms with Gasteiger partial charge in [-0.25, -0.2) is 4.39 Å². The molecule has 2 aromatic rings. The van der Waals surface area contributed by atoms with Crippen molar-refractivity contribution in [3.8, 4) is 0 Å². The number of non-ortho nitro benzene ring substituents is 1. The molecule has 1 amide bonds. The summed E-state index contributed by atoms with van der Waals surface area (Å²) in [6.45, 7) is 2.65. The van der Waals surface area contributed by atoms with E-state index in [0.29, 0.717) is 13.1 Å². The number of halogens is 1. The number of allylic oxidation sites excluding steroid dienone is 1. The van der Waals surface area contributed by atoms with E-state index in [2.05, 4.69) is 10.6 Å². The van der Waals surface area contributed by atoms with Gasteiger partial charge in [0.25, 0.3) is 5.69 Å². The molecular formula is C18H18FN3O3. The molecule has 0 fully saturated rings. The van der Waals surface area contributed by atoms with Gasteiger partial charge in [-0.05, 0) is 42.3 Å². The Bertz CT molecular complexity index is 771. The molecule has 0 unspecified atom stereocenters. The lowest BCUT2D eigenvalue weighted by Crippen LogP contribution is -2.27. The second-order valence-corrected chi connectivity index (χ2v) is 5.36. The van der Waals surface area contributed by atoms with Gasteiger partial charge < -0.3 is 10.6 Å². The number of carbonyl (C=O) groups excluding carboxylic acids is 1. The van der Waals surface area contributed by atoms with Crippen molar-refractivity contribution >= 4 is 22.9 Å². The minimum absolute atomic E-state index is 0.0280. The molecule has 2 aromatic carbocycles. The van der Waals surface area contributed by atoms with E-state index >= 15 is 0 Å². The van der Waals surface area contributed by atoms with Crippen LogP contribution in [0.15, 0.2) is 54.6 Å². The minimum atomic E-state index is -0.459. The van der Waals surface area contributed by atoms with Crippen LogP contribution in [0.25, 0.3) is 5.57 Å². The monoisotopic (exact) mass is 343 g/mol. The van der Waals surface area contributed by atoms with Gasteiger partial charge in [0.2, 0.25) is 5.91 Å². The summed E-state index contributed by atoms with van der Waals surface area (Å²) in [7, 11) is 0. The van der Waals surface area contributed by atoms with Crippen LogP contribution in [0, 0.1) is 15.9 Å². The summed E-state index contributed by atoms with van der Waals surface area (Å²) in [6.07, 6.45) is 1.46. The number of rotatable bonds is 7. The van der Waals surface area contributed by atoms with Gasteiger partial charge in [0.1, 0.15) is 5.82 Å². The SMILES string of the molecule is CC(=CC(=O)NCCNc1ccc([N+](=O)[O-])cc1)c1ccc(F)cc1. The van der Waals surface area contributed by atoms with Crippen molar-refractivity contribution < 1.29 is 14.1 Å². The van der Waals surface area contributed by atoms with Gasteiger partial charge in [-0.2, -0.15) is 0 Å². The summed E-state index contributed by atoms with van der Waals surface area (Å²) in [6, 6.07) is 12.0. The summed E-state index contributed by atoms with van der Waals surface area (Å²) < 4.78 is 12.9. The van der Waals surface area contributed by atoms with Gasteiger partial charge in [-0.1, -0.05) is 12.1 Å². The Balaban J connectivity index is 1.77. The van der Waals surface area contributed by atoms with Gasteiger partial charge >= 0.3 is 0 Å². The van der Waals surface area contributed by atoms with Crippen LogP contribution in [0.4, 0.5) is 15.8 Å². The second kappa shape index (κ2) is 8.58. The Morgan fingerprint density at radius 1 is 1.12 bits per heavy atom. The van der Waals surface area contributed by atoms with Crippen LogP contribution >= 0.6 is 0 Å². The molecule has 7 heteroatoms. The molecule has 0 aliphatic heterocycles. The van der Waals surface area contributed by atoms with Gasteiger partial charge in [0.15, 0.2) is 0 Å². The molecule has 0 saturated carbocycles. The van der Waals surface area contributed by atoms with Crippen LogP contribution < -0.4 is 10.6 Å². The van der Waals surface area contributed by atoms with Crippen LogP contribution in [0.1, 0.15) is 12.5 Å². The number of carbonyl (C=O) groups is 1. The molecule has 0 saturated heterocycles. The Hall–Kier alpha value is -3.22. The van der Waals surface area contributed by atoms with Crippen molar-refractivity contribution in [1.29, 1.82) is 0 Å². The van der Waals surface area contributed by atoms with Crippen LogP contribution in [0.3, 0.4) is 0 Å². The normalized spacial score (nSPS) is 11.0. The number of nitro benzene ring substituents is 1. The molecular weight excluding hydrogens is 325 g/mol. The average molecular weight is 343 g/mol. The predicted octanol–water partition coefficient (Wildman–Crippen LogP) is 3.37. The summed E-state index contributed by atoms with van der Waals surface area (Å²) in [5, 5.41) is 16.4. The number of benzene rings is 2. The van der Waals surface area contributed by atoms with Gasteiger partial charge in [0.05, 0.1) is 4.92 Å². The fourth-order valence-electron chi connectivity index (χ4n) is 2.14. The first-order valence-corrected chi connectivity index (χ1v) is 7.66. The zero-order valence-electron chi connectivity index (χ0n) is 13.7. The molecule has 0 aliphatic rings. The number of anilines is 1. The fraction of sp³-hybridized carbons (Fsp3) is 0.167. The molecule has 0 aromatic heterocycles. The molecule has 0 atom stereocenters. The van der Waals surface area contributed by atoms with Crippen molar-refractivity contribution in [3.05, 3.63) is 76.1 Å². The summed E-state index contributed by atoms with van der Waals surface area (Å²) in [5.74, 6) is -0.564. The molecule has 2 rings (SSSR count). The third-order valence-corrected chi connectivity index (χ3v) is 3.48. The van der Waals surface area contributed by atoms with E-state index in [1.54, 1.807) is 31.2 Å². The number of nitrogens with one attached hydrogen (secondary N) is 2. The van der Waals surface area contributed by atoms with Crippen LogP contribution in [0.5, 0.6) is 0 Å². The van der Waals surface area contributed by atoms with Crippen molar-refractivity contribution in [1.82, 2.24) is 5.32 Å². The highest BCUT2D eigenvalue weighted by molar-refractivity contribution is 5.94. The van der Waals surface area contributed by atoms with E-state index < -0.39 is 4.92 Å². The highest BCUT2D eigenvalue weighted by atomic mass is 19.1. The predicted molar refractivity (Wildman–Crippen MR) is 94.6 cm³/mol. The lowest BCUT2D eigenvalue weighted by molar-refractivity contribution is -0.384. The maximum atomic E-state index is 12.9. The third kappa shape index (κ3) is 5.72. The van der Waals surface area contributed by atoms with Crippen LogP contribution in [-0.4, -0.2) is 23.9 Å². The molecule has 0 bridgehead atoms. The Kier molecular flexibility index (Phi) is 6.22. The van der Waals surface area contributed by atoms with Crippen molar-refractivity contribution in [2.75, 3.05) is 18.4 Å². The van der Waals surface area contributed by atoms with E-state index in [1.807, 2.05) is 0 Å². The number of nitrogens with zero attached hydrogens (tertiary/aromatic N) is 1. The standard InChI is InChI=1S/C18H18FN3O3/c1-13(14-2-4-15(19)5-3-14)12-18(23)21-11-10-20-16-6-8-17(9-7-16)22(24)25/h2-9,12,20H,10-11H2,1H3,(H,21,23). The average Bonchev–Trinajstić information content (AvgIpc) is 2.59. The Morgan fingerprint density at radius 3 is 2.36 bits per heavy atom. The minimum Gasteiger partial charge on any atom is -0.383 e. The summed E-state index contributed by atoms with van der Waals surface area (Å²) >= 11 is 0. The quantitative estimate of drug-likeness (QED) is 0.349. The van der Waals surface area contributed by atoms with Gasteiger partial charge in [0, 0.05) is 37.0 Å². The van der Waals surface area contributed by atoms with Crippen LogP contribution in [-0.2, 0) is 4.79 Å². The first kappa shape index (κ1) is 18.1. The summed E-state index contributed by atoms with van der Waals surface area (Å²) in [4.78, 5) is 22.0. The second-order valence-electron chi connectivity index (χ2n) is 5.36. The molecule has 0 heterocycles. The molecule has 0 aliphatic carbocycles. The Labute approximate surface area is 144 Å². The molecule has 6 nitrogen and oxygen atoms in total. The maximum Gasteiger partial charge on any atom is 0.269 e. The topological polar surface area (TPSA) is 84.3 Å². The summed E-state index contributed by atoms with van der Waals surface area (Å²) in [5.41, 5.74) is 2.28. The van der Waals surface area contributed by atoms with E-state index in [-0.39, 0.29) is 17.4 Å². The van der Waals surface area contributed by atoms with E-state index in [4.69, 9.17) is 0 Å². The lowest BCUT2D eigenvalue weighted by atomic mass is 10.1. The highest BCUT2D eigenvalue weighted by Gasteiger charge is 2.04. The number of hydrogen-bond donors (Lipinski definition) is 2. The van der Waals surface area contributed by atoms with Crippen LogP contribution in [0.2, 0.25) is 0 Å². The smallest absolute Gasteiger partial charge is 0.269 e. The van der Waals surface area contributed by atoms with Crippen molar-refractivity contribution in [2.45, 2.75) is 6.92 Å². The molecule has 0 spiro atoms. The van der Waals surface area contributed by atoms with Gasteiger partial charge in [-0.3, -0.25) is 14.9 Å². The zero-order valence-corrected chi connectivity index (χ0v) is 13.7. The largest absolute Gasteiger partial charge is 0.383 e. The maximum absolute atomic E-state index is 12.9. The zero-order chi connectivity index (χ0) is 18.2. The number of amides is 1. The lowest BCUT2D eigenvalue weighted by Gasteiger charge is -2.07. The Morgan fingerprint density at radius 2 is 1.76 bits per heavy atom.